The number of nitrogens with zero attached hydrogens (tertiary/aromatic N) is 2. The summed E-state index contributed by atoms with van der Waals surface area (Å²) in [5.41, 5.74) is 0.521. The van der Waals surface area contributed by atoms with Gasteiger partial charge in [0, 0.05) is 26.3 Å². The minimum Gasteiger partial charge on any atom is -0.381 e. The zero-order chi connectivity index (χ0) is 10.4. The summed E-state index contributed by atoms with van der Waals surface area (Å²) >= 11 is 0. The number of hydrogen-bond acceptors (Lipinski definition) is 3. The molecule has 1 aromatic heterocycles. The van der Waals surface area contributed by atoms with Crippen molar-refractivity contribution in [3.05, 3.63) is 18.0 Å². The van der Waals surface area contributed by atoms with E-state index in [1.165, 1.54) is 0 Å². The third-order valence-electron chi connectivity index (χ3n) is 1.82. The summed E-state index contributed by atoms with van der Waals surface area (Å²) in [6.07, 6.45) is 3.16. The Balaban J connectivity index is 2.29. The molecule has 0 radical (unpaired) electrons. The lowest BCUT2D eigenvalue weighted by atomic mass is 10.2. The normalized spacial score (nSPS) is 10.4. The molecule has 0 atom stereocenters. The number of rotatable bonds is 6. The van der Waals surface area contributed by atoms with Crippen LogP contribution in [-0.4, -0.2) is 28.8 Å². The summed E-state index contributed by atoms with van der Waals surface area (Å²) in [7, 11) is 1.80. The van der Waals surface area contributed by atoms with Crippen LogP contribution in [0.4, 0.5) is 0 Å². The molecule has 4 nitrogen and oxygen atoms in total. The highest BCUT2D eigenvalue weighted by Gasteiger charge is 2.07. The van der Waals surface area contributed by atoms with Crippen molar-refractivity contribution in [1.82, 2.24) is 9.78 Å². The van der Waals surface area contributed by atoms with E-state index < -0.39 is 0 Å². The molecule has 0 unspecified atom stereocenters. The first-order valence-corrected chi connectivity index (χ1v) is 4.84. The maximum absolute atomic E-state index is 11.5. The second-order valence-electron chi connectivity index (χ2n) is 3.16. The van der Waals surface area contributed by atoms with Crippen molar-refractivity contribution in [2.75, 3.05) is 13.2 Å². The van der Waals surface area contributed by atoms with Crippen LogP contribution in [0.1, 0.15) is 30.3 Å². The molecule has 0 aliphatic heterocycles. The van der Waals surface area contributed by atoms with Gasteiger partial charge in [-0.15, -0.1) is 0 Å². The molecule has 0 bridgehead atoms. The SMILES string of the molecule is CCCOCCC(=O)c1ccn(C)n1. The maximum Gasteiger partial charge on any atom is 0.185 e. The molecule has 4 heteroatoms. The van der Waals surface area contributed by atoms with Crippen LogP contribution in [0.2, 0.25) is 0 Å². The topological polar surface area (TPSA) is 44.1 Å². The monoisotopic (exact) mass is 196 g/mol. The van der Waals surface area contributed by atoms with Crippen LogP contribution in [0.15, 0.2) is 12.3 Å². The van der Waals surface area contributed by atoms with Crippen molar-refractivity contribution in [2.45, 2.75) is 19.8 Å². The van der Waals surface area contributed by atoms with Crippen molar-refractivity contribution >= 4 is 5.78 Å². The van der Waals surface area contributed by atoms with Gasteiger partial charge in [-0.25, -0.2) is 0 Å². The van der Waals surface area contributed by atoms with Crippen molar-refractivity contribution in [3.8, 4) is 0 Å². The zero-order valence-corrected chi connectivity index (χ0v) is 8.69. The molecule has 14 heavy (non-hydrogen) atoms. The second kappa shape index (κ2) is 5.54. The highest BCUT2D eigenvalue weighted by atomic mass is 16.5. The first-order chi connectivity index (χ1) is 6.74. The number of aromatic nitrogens is 2. The Hall–Kier alpha value is -1.16. The first kappa shape index (κ1) is 10.9. The zero-order valence-electron chi connectivity index (χ0n) is 8.69. The van der Waals surface area contributed by atoms with Gasteiger partial charge in [-0.2, -0.15) is 5.10 Å². The molecule has 0 amide bonds. The van der Waals surface area contributed by atoms with Gasteiger partial charge in [0.25, 0.3) is 0 Å². The minimum absolute atomic E-state index is 0.0432. The molecular weight excluding hydrogens is 180 g/mol. The van der Waals surface area contributed by atoms with E-state index in [0.29, 0.717) is 18.7 Å². The first-order valence-electron chi connectivity index (χ1n) is 4.84. The van der Waals surface area contributed by atoms with Crippen LogP contribution >= 0.6 is 0 Å². The molecule has 1 aromatic rings. The van der Waals surface area contributed by atoms with Crippen LogP contribution in [0, 0.1) is 0 Å². The van der Waals surface area contributed by atoms with Crippen molar-refractivity contribution in [3.63, 3.8) is 0 Å². The molecule has 0 N–H and O–H groups in total. The lowest BCUT2D eigenvalue weighted by molar-refractivity contribution is 0.0873. The lowest BCUT2D eigenvalue weighted by Gasteiger charge is -1.99. The minimum atomic E-state index is 0.0432. The third-order valence-corrected chi connectivity index (χ3v) is 1.82. The van der Waals surface area contributed by atoms with Crippen LogP contribution in [0.25, 0.3) is 0 Å². The summed E-state index contributed by atoms with van der Waals surface area (Å²) in [6.45, 7) is 3.25. The number of Topliss-reactive ketones (excluding diaryl/α,β-unsaturated/α-hetero) is 1. The molecule has 0 spiro atoms. The number of hydrogen-bond donors (Lipinski definition) is 0. The molecule has 0 aliphatic carbocycles. The molecular formula is C10H16N2O2. The molecule has 0 aliphatic rings. The van der Waals surface area contributed by atoms with Gasteiger partial charge in [-0.3, -0.25) is 9.48 Å². The Morgan fingerprint density at radius 2 is 2.36 bits per heavy atom. The Labute approximate surface area is 83.9 Å². The lowest BCUT2D eigenvalue weighted by Crippen LogP contribution is -2.06. The van der Waals surface area contributed by atoms with Gasteiger partial charge < -0.3 is 4.74 Å². The Morgan fingerprint density at radius 1 is 1.57 bits per heavy atom. The number of ketones is 1. The largest absolute Gasteiger partial charge is 0.381 e. The van der Waals surface area contributed by atoms with E-state index in [-0.39, 0.29) is 5.78 Å². The van der Waals surface area contributed by atoms with E-state index in [9.17, 15) is 4.79 Å². The molecule has 0 fully saturated rings. The highest BCUT2D eigenvalue weighted by molar-refractivity contribution is 5.94. The molecule has 78 valence electrons. The molecule has 0 saturated carbocycles. The Kier molecular flexibility index (Phi) is 4.32. The predicted molar refractivity (Wildman–Crippen MR) is 53.3 cm³/mol. The van der Waals surface area contributed by atoms with Crippen LogP contribution in [-0.2, 0) is 11.8 Å². The fourth-order valence-electron chi connectivity index (χ4n) is 1.10. The van der Waals surface area contributed by atoms with Gasteiger partial charge >= 0.3 is 0 Å². The van der Waals surface area contributed by atoms with E-state index >= 15 is 0 Å². The third kappa shape index (κ3) is 3.30. The van der Waals surface area contributed by atoms with Crippen LogP contribution < -0.4 is 0 Å². The smallest absolute Gasteiger partial charge is 0.185 e. The van der Waals surface area contributed by atoms with Crippen molar-refractivity contribution < 1.29 is 9.53 Å². The van der Waals surface area contributed by atoms with Gasteiger partial charge in [-0.05, 0) is 12.5 Å². The van der Waals surface area contributed by atoms with Gasteiger partial charge in [0.2, 0.25) is 0 Å². The summed E-state index contributed by atoms with van der Waals surface area (Å²) < 4.78 is 6.85. The average Bonchev–Trinajstić information content (AvgIpc) is 2.59. The summed E-state index contributed by atoms with van der Waals surface area (Å²) in [6, 6.07) is 1.72. The molecule has 0 saturated heterocycles. The van der Waals surface area contributed by atoms with Gasteiger partial charge in [0.15, 0.2) is 5.78 Å². The van der Waals surface area contributed by atoms with Crippen molar-refractivity contribution in [1.29, 1.82) is 0 Å². The predicted octanol–water partition coefficient (Wildman–Crippen LogP) is 1.42. The number of aryl methyl sites for hydroxylation is 1. The van der Waals surface area contributed by atoms with E-state index in [2.05, 4.69) is 5.10 Å². The number of carbonyl (C=O) groups excluding carboxylic acids is 1. The molecule has 0 aromatic carbocycles. The number of carbonyl (C=O) groups is 1. The van der Waals surface area contributed by atoms with E-state index in [1.807, 2.05) is 6.92 Å². The van der Waals surface area contributed by atoms with Crippen LogP contribution in [0.5, 0.6) is 0 Å². The maximum atomic E-state index is 11.5. The van der Waals surface area contributed by atoms with Crippen LogP contribution in [0.3, 0.4) is 0 Å². The molecule has 1 heterocycles. The Bertz CT molecular complexity index is 294. The number of ether oxygens (including phenoxy) is 1. The van der Waals surface area contributed by atoms with E-state index in [4.69, 9.17) is 4.74 Å². The van der Waals surface area contributed by atoms with E-state index in [0.717, 1.165) is 13.0 Å². The standard InChI is InChI=1S/C10H16N2O2/c1-3-7-14-8-5-10(13)9-4-6-12(2)11-9/h4,6H,3,5,7-8H2,1-2H3. The fourth-order valence-corrected chi connectivity index (χ4v) is 1.10. The van der Waals surface area contributed by atoms with Gasteiger partial charge in [-0.1, -0.05) is 6.92 Å². The van der Waals surface area contributed by atoms with Gasteiger partial charge in [0.05, 0.1) is 6.61 Å². The average molecular weight is 196 g/mol. The second-order valence-corrected chi connectivity index (χ2v) is 3.16. The van der Waals surface area contributed by atoms with Gasteiger partial charge in [0.1, 0.15) is 5.69 Å². The Morgan fingerprint density at radius 3 is 2.93 bits per heavy atom. The quantitative estimate of drug-likeness (QED) is 0.510. The summed E-state index contributed by atoms with van der Waals surface area (Å²) in [5.74, 6) is 0.0432. The van der Waals surface area contributed by atoms with Crippen molar-refractivity contribution in [2.24, 2.45) is 7.05 Å². The summed E-state index contributed by atoms with van der Waals surface area (Å²) in [5, 5.41) is 4.02. The molecule has 1 rings (SSSR count). The highest BCUT2D eigenvalue weighted by Crippen LogP contribution is 1.99. The van der Waals surface area contributed by atoms with E-state index in [1.54, 1.807) is 24.0 Å². The fraction of sp³-hybridized carbons (Fsp3) is 0.600. The summed E-state index contributed by atoms with van der Waals surface area (Å²) in [4.78, 5) is 11.5.